The molecule has 8 nitrogen and oxygen atoms in total. The van der Waals surface area contributed by atoms with Gasteiger partial charge in [-0.1, -0.05) is 0 Å². The summed E-state index contributed by atoms with van der Waals surface area (Å²) in [7, 11) is 1.68. The highest BCUT2D eigenvalue weighted by molar-refractivity contribution is 5.79. The number of alkyl carbamates (subject to hydrolysis) is 1. The molecule has 0 aromatic carbocycles. The first kappa shape index (κ1) is 16.8. The van der Waals surface area contributed by atoms with Gasteiger partial charge in [-0.3, -0.25) is 10.1 Å². The second-order valence-electron chi connectivity index (χ2n) is 5.36. The van der Waals surface area contributed by atoms with Crippen molar-refractivity contribution < 1.29 is 9.53 Å². The highest BCUT2D eigenvalue weighted by atomic mass is 16.6. The van der Waals surface area contributed by atoms with E-state index in [0.717, 1.165) is 5.69 Å². The van der Waals surface area contributed by atoms with Gasteiger partial charge in [0.15, 0.2) is 5.96 Å². The van der Waals surface area contributed by atoms with Gasteiger partial charge in [0.25, 0.3) is 0 Å². The average Bonchev–Trinajstić information content (AvgIpc) is 2.89. The molecule has 0 bridgehead atoms. The summed E-state index contributed by atoms with van der Waals surface area (Å²) in [4.78, 5) is 15.5. The van der Waals surface area contributed by atoms with Gasteiger partial charge in [0, 0.05) is 26.3 Å². The maximum Gasteiger partial charge on any atom is 0.407 e. The first-order valence-electron chi connectivity index (χ1n) is 6.80. The van der Waals surface area contributed by atoms with Crippen molar-refractivity contribution in [3.63, 3.8) is 0 Å². The molecule has 0 unspecified atom stereocenters. The predicted molar refractivity (Wildman–Crippen MR) is 81.0 cm³/mol. The fraction of sp³-hybridized carbons (Fsp3) is 0.615. The minimum Gasteiger partial charge on any atom is -0.444 e. The molecule has 1 rings (SSSR count). The van der Waals surface area contributed by atoms with Crippen LogP contribution in [-0.4, -0.2) is 48.0 Å². The van der Waals surface area contributed by atoms with Gasteiger partial charge in [-0.05, 0) is 26.8 Å². The highest BCUT2D eigenvalue weighted by Crippen LogP contribution is 2.05. The SMILES string of the molecule is CN=C(NCCNC(=O)OC(C)(C)C)NCc1ccn[nH]1. The third kappa shape index (κ3) is 7.81. The quantitative estimate of drug-likeness (QED) is 0.362. The van der Waals surface area contributed by atoms with Crippen LogP contribution in [0.3, 0.4) is 0 Å². The zero-order valence-electron chi connectivity index (χ0n) is 13.0. The summed E-state index contributed by atoms with van der Waals surface area (Å²) in [6.07, 6.45) is 1.27. The number of carbonyl (C=O) groups excluding carboxylic acids is 1. The summed E-state index contributed by atoms with van der Waals surface area (Å²) in [5.74, 6) is 0.649. The Bertz CT molecular complexity index is 450. The second kappa shape index (κ2) is 8.13. The van der Waals surface area contributed by atoms with Crippen molar-refractivity contribution in [3.05, 3.63) is 18.0 Å². The minimum atomic E-state index is -0.487. The van der Waals surface area contributed by atoms with E-state index < -0.39 is 11.7 Å². The van der Waals surface area contributed by atoms with E-state index in [0.29, 0.717) is 25.6 Å². The van der Waals surface area contributed by atoms with Crippen LogP contribution in [0.4, 0.5) is 4.79 Å². The lowest BCUT2D eigenvalue weighted by atomic mass is 10.2. The first-order valence-corrected chi connectivity index (χ1v) is 6.80. The number of hydrogen-bond donors (Lipinski definition) is 4. The van der Waals surface area contributed by atoms with Crippen LogP contribution in [0, 0.1) is 0 Å². The van der Waals surface area contributed by atoms with Crippen molar-refractivity contribution in [2.75, 3.05) is 20.1 Å². The molecule has 0 aliphatic rings. The van der Waals surface area contributed by atoms with E-state index in [1.165, 1.54) is 0 Å². The number of aromatic amines is 1. The van der Waals surface area contributed by atoms with Crippen LogP contribution in [0.5, 0.6) is 0 Å². The van der Waals surface area contributed by atoms with Crippen molar-refractivity contribution in [1.82, 2.24) is 26.1 Å². The summed E-state index contributed by atoms with van der Waals surface area (Å²) >= 11 is 0. The monoisotopic (exact) mass is 296 g/mol. The van der Waals surface area contributed by atoms with Gasteiger partial charge in [-0.15, -0.1) is 0 Å². The lowest BCUT2D eigenvalue weighted by Crippen LogP contribution is -2.42. The summed E-state index contributed by atoms with van der Waals surface area (Å²) in [6.45, 7) is 7.06. The molecule has 21 heavy (non-hydrogen) atoms. The Hall–Kier alpha value is -2.25. The van der Waals surface area contributed by atoms with E-state index in [4.69, 9.17) is 4.74 Å². The van der Waals surface area contributed by atoms with Gasteiger partial charge in [-0.25, -0.2) is 4.79 Å². The molecular weight excluding hydrogens is 272 g/mol. The second-order valence-corrected chi connectivity index (χ2v) is 5.36. The maximum absolute atomic E-state index is 11.4. The summed E-state index contributed by atoms with van der Waals surface area (Å²) in [5.41, 5.74) is 0.476. The molecule has 0 saturated heterocycles. The van der Waals surface area contributed by atoms with Crippen LogP contribution in [0.15, 0.2) is 17.3 Å². The van der Waals surface area contributed by atoms with Gasteiger partial charge in [0.05, 0.1) is 12.2 Å². The zero-order chi connectivity index (χ0) is 15.7. The van der Waals surface area contributed by atoms with Crippen LogP contribution in [-0.2, 0) is 11.3 Å². The predicted octanol–water partition coefficient (Wildman–Crippen LogP) is 0.599. The Morgan fingerprint density at radius 3 is 2.62 bits per heavy atom. The lowest BCUT2D eigenvalue weighted by Gasteiger charge is -2.19. The summed E-state index contributed by atoms with van der Waals surface area (Å²) < 4.78 is 5.13. The molecule has 1 amide bonds. The Kier molecular flexibility index (Phi) is 6.51. The van der Waals surface area contributed by atoms with E-state index in [2.05, 4.69) is 31.1 Å². The number of aliphatic imine (C=N–C) groups is 1. The molecule has 0 radical (unpaired) electrons. The number of hydrogen-bond acceptors (Lipinski definition) is 4. The first-order chi connectivity index (χ1) is 9.90. The lowest BCUT2D eigenvalue weighted by molar-refractivity contribution is 0.0529. The van der Waals surface area contributed by atoms with Crippen LogP contribution in [0.25, 0.3) is 0 Å². The van der Waals surface area contributed by atoms with Gasteiger partial charge >= 0.3 is 6.09 Å². The molecule has 0 aliphatic carbocycles. The fourth-order valence-electron chi connectivity index (χ4n) is 1.44. The molecule has 0 aliphatic heterocycles. The maximum atomic E-state index is 11.4. The standard InChI is InChI=1S/C13H24N6O2/c1-13(2,3)21-12(20)16-8-7-15-11(14-4)17-9-10-5-6-18-19-10/h5-6H,7-9H2,1-4H3,(H,16,20)(H,18,19)(H2,14,15,17). The zero-order valence-corrected chi connectivity index (χ0v) is 13.0. The normalized spacial score (nSPS) is 11.9. The van der Waals surface area contributed by atoms with Crippen molar-refractivity contribution in [1.29, 1.82) is 0 Å². The van der Waals surface area contributed by atoms with Crippen LogP contribution < -0.4 is 16.0 Å². The molecule has 0 spiro atoms. The van der Waals surface area contributed by atoms with E-state index in [9.17, 15) is 4.79 Å². The number of amides is 1. The average molecular weight is 296 g/mol. The largest absolute Gasteiger partial charge is 0.444 e. The van der Waals surface area contributed by atoms with Crippen molar-refractivity contribution >= 4 is 12.1 Å². The topological polar surface area (TPSA) is 103 Å². The fourth-order valence-corrected chi connectivity index (χ4v) is 1.44. The van der Waals surface area contributed by atoms with Gasteiger partial charge < -0.3 is 20.7 Å². The third-order valence-electron chi connectivity index (χ3n) is 2.31. The molecule has 8 heteroatoms. The van der Waals surface area contributed by atoms with Crippen molar-refractivity contribution in [2.45, 2.75) is 32.9 Å². The van der Waals surface area contributed by atoms with Gasteiger partial charge in [0.2, 0.25) is 0 Å². The van der Waals surface area contributed by atoms with E-state index >= 15 is 0 Å². The van der Waals surface area contributed by atoms with E-state index in [-0.39, 0.29) is 0 Å². The molecule has 1 aromatic heterocycles. The molecule has 4 N–H and O–H groups in total. The minimum absolute atomic E-state index is 0.426. The molecule has 118 valence electrons. The Labute approximate surface area is 124 Å². The Morgan fingerprint density at radius 1 is 1.33 bits per heavy atom. The number of H-pyrrole nitrogens is 1. The number of rotatable bonds is 5. The molecule has 1 aromatic rings. The number of nitrogens with one attached hydrogen (secondary N) is 4. The summed E-state index contributed by atoms with van der Waals surface area (Å²) in [6, 6.07) is 1.88. The van der Waals surface area contributed by atoms with Crippen molar-refractivity contribution in [3.8, 4) is 0 Å². The molecule has 0 atom stereocenters. The number of guanidine groups is 1. The van der Waals surface area contributed by atoms with Gasteiger partial charge in [-0.2, -0.15) is 5.10 Å². The Morgan fingerprint density at radius 2 is 2.05 bits per heavy atom. The molecule has 0 saturated carbocycles. The number of nitrogens with zero attached hydrogens (tertiary/aromatic N) is 2. The van der Waals surface area contributed by atoms with Crippen LogP contribution in [0.2, 0.25) is 0 Å². The van der Waals surface area contributed by atoms with Crippen LogP contribution in [0.1, 0.15) is 26.5 Å². The molecular formula is C13H24N6O2. The number of aromatic nitrogens is 2. The number of ether oxygens (including phenoxy) is 1. The van der Waals surface area contributed by atoms with Gasteiger partial charge in [0.1, 0.15) is 5.60 Å². The third-order valence-corrected chi connectivity index (χ3v) is 2.31. The molecule has 1 heterocycles. The molecule has 0 fully saturated rings. The number of carbonyl (C=O) groups is 1. The highest BCUT2D eigenvalue weighted by Gasteiger charge is 2.15. The van der Waals surface area contributed by atoms with Crippen LogP contribution >= 0.6 is 0 Å². The van der Waals surface area contributed by atoms with E-state index in [1.807, 2.05) is 26.8 Å². The summed E-state index contributed by atoms with van der Waals surface area (Å²) in [5, 5.41) is 15.6. The van der Waals surface area contributed by atoms with E-state index in [1.54, 1.807) is 13.2 Å². The Balaban J connectivity index is 2.16. The smallest absolute Gasteiger partial charge is 0.407 e. The van der Waals surface area contributed by atoms with Crippen molar-refractivity contribution in [2.24, 2.45) is 4.99 Å².